The van der Waals surface area contributed by atoms with E-state index in [9.17, 15) is 4.79 Å². The number of hydrogen-bond acceptors (Lipinski definition) is 4. The van der Waals surface area contributed by atoms with Gasteiger partial charge in [-0.1, -0.05) is 6.07 Å². The van der Waals surface area contributed by atoms with Crippen LogP contribution in [-0.4, -0.2) is 48.4 Å². The lowest BCUT2D eigenvalue weighted by Crippen LogP contribution is -2.48. The Hall–Kier alpha value is -2.10. The number of amides is 2. The topological polar surface area (TPSA) is 85.6 Å². The first-order valence-corrected chi connectivity index (χ1v) is 6.01. The third-order valence-corrected chi connectivity index (χ3v) is 2.87. The van der Waals surface area contributed by atoms with Gasteiger partial charge in [0.25, 0.3) is 0 Å². The Labute approximate surface area is 111 Å². The van der Waals surface area contributed by atoms with Crippen molar-refractivity contribution in [2.75, 3.05) is 31.6 Å². The number of benzene rings is 1. The number of nitrogens with zero attached hydrogens (tertiary/aromatic N) is 2. The molecule has 6 nitrogen and oxygen atoms in total. The van der Waals surface area contributed by atoms with Gasteiger partial charge in [-0.25, -0.2) is 4.79 Å². The van der Waals surface area contributed by atoms with Crippen LogP contribution in [0.5, 0.6) is 0 Å². The van der Waals surface area contributed by atoms with Gasteiger partial charge in [-0.3, -0.25) is 0 Å². The first-order valence-electron chi connectivity index (χ1n) is 6.01. The van der Waals surface area contributed by atoms with Crippen molar-refractivity contribution in [1.29, 1.82) is 5.26 Å². The quantitative estimate of drug-likeness (QED) is 0.824. The van der Waals surface area contributed by atoms with Gasteiger partial charge < -0.3 is 20.1 Å². The summed E-state index contributed by atoms with van der Waals surface area (Å²) >= 11 is 0. The normalized spacial score (nSPS) is 18.7. The predicted molar refractivity (Wildman–Crippen MR) is 68.6 cm³/mol. The van der Waals surface area contributed by atoms with Crippen molar-refractivity contribution >= 4 is 11.7 Å². The molecule has 6 heteroatoms. The molecule has 1 aliphatic rings. The first-order chi connectivity index (χ1) is 9.22. The van der Waals surface area contributed by atoms with Crippen molar-refractivity contribution in [2.45, 2.75) is 6.10 Å². The van der Waals surface area contributed by atoms with E-state index in [-0.39, 0.29) is 18.7 Å². The average molecular weight is 261 g/mol. The molecule has 19 heavy (non-hydrogen) atoms. The van der Waals surface area contributed by atoms with Crippen molar-refractivity contribution in [3.8, 4) is 6.07 Å². The summed E-state index contributed by atoms with van der Waals surface area (Å²) in [5.74, 6) is 0. The number of morpholine rings is 1. The fourth-order valence-electron chi connectivity index (χ4n) is 1.88. The molecule has 1 atom stereocenters. The van der Waals surface area contributed by atoms with Gasteiger partial charge in [-0.05, 0) is 18.2 Å². The summed E-state index contributed by atoms with van der Waals surface area (Å²) in [6, 6.07) is 8.49. The Kier molecular flexibility index (Phi) is 4.34. The molecule has 0 aliphatic carbocycles. The molecule has 0 radical (unpaired) electrons. The van der Waals surface area contributed by atoms with Crippen LogP contribution < -0.4 is 5.32 Å². The second-order valence-corrected chi connectivity index (χ2v) is 4.24. The van der Waals surface area contributed by atoms with E-state index < -0.39 is 0 Å². The van der Waals surface area contributed by atoms with Gasteiger partial charge >= 0.3 is 6.03 Å². The maximum absolute atomic E-state index is 12.0. The summed E-state index contributed by atoms with van der Waals surface area (Å²) in [7, 11) is 0. The molecule has 1 heterocycles. The predicted octanol–water partition coefficient (Wildman–Crippen LogP) is 0.783. The second-order valence-electron chi connectivity index (χ2n) is 4.24. The molecular weight excluding hydrogens is 246 g/mol. The van der Waals surface area contributed by atoms with Crippen LogP contribution in [-0.2, 0) is 4.74 Å². The molecular formula is C13H15N3O3. The highest BCUT2D eigenvalue weighted by Crippen LogP contribution is 2.12. The average Bonchev–Trinajstić information content (AvgIpc) is 2.47. The first kappa shape index (κ1) is 13.3. The van der Waals surface area contributed by atoms with E-state index in [0.717, 1.165) is 0 Å². The molecule has 1 aliphatic heterocycles. The zero-order valence-electron chi connectivity index (χ0n) is 10.4. The van der Waals surface area contributed by atoms with Crippen LogP contribution in [0.15, 0.2) is 24.3 Å². The van der Waals surface area contributed by atoms with Crippen molar-refractivity contribution in [3.63, 3.8) is 0 Å². The molecule has 2 rings (SSSR count). The zero-order valence-corrected chi connectivity index (χ0v) is 10.4. The van der Waals surface area contributed by atoms with E-state index >= 15 is 0 Å². The summed E-state index contributed by atoms with van der Waals surface area (Å²) in [6.07, 6.45) is -0.329. The van der Waals surface area contributed by atoms with Crippen molar-refractivity contribution in [1.82, 2.24) is 4.90 Å². The minimum atomic E-state index is -0.329. The van der Waals surface area contributed by atoms with Gasteiger partial charge in [-0.15, -0.1) is 0 Å². The molecule has 2 N–H and O–H groups in total. The molecule has 1 saturated heterocycles. The molecule has 2 amide bonds. The Morgan fingerprint density at radius 1 is 1.63 bits per heavy atom. The van der Waals surface area contributed by atoms with Crippen LogP contribution in [0.3, 0.4) is 0 Å². The summed E-state index contributed by atoms with van der Waals surface area (Å²) < 4.78 is 5.28. The third-order valence-electron chi connectivity index (χ3n) is 2.87. The molecule has 1 unspecified atom stereocenters. The lowest BCUT2D eigenvalue weighted by Gasteiger charge is -2.32. The number of aliphatic hydroxyl groups excluding tert-OH is 1. The highest BCUT2D eigenvalue weighted by molar-refractivity contribution is 5.89. The van der Waals surface area contributed by atoms with Crippen LogP contribution in [0.1, 0.15) is 5.56 Å². The molecule has 1 fully saturated rings. The minimum absolute atomic E-state index is 0.103. The van der Waals surface area contributed by atoms with Crippen molar-refractivity contribution < 1.29 is 14.6 Å². The molecule has 0 saturated carbocycles. The van der Waals surface area contributed by atoms with Crippen LogP contribution in [0, 0.1) is 11.3 Å². The molecule has 0 spiro atoms. The number of ether oxygens (including phenoxy) is 1. The smallest absolute Gasteiger partial charge is 0.322 e. The molecule has 0 aromatic heterocycles. The Morgan fingerprint density at radius 2 is 2.47 bits per heavy atom. The largest absolute Gasteiger partial charge is 0.394 e. The van der Waals surface area contributed by atoms with Crippen molar-refractivity contribution in [2.24, 2.45) is 0 Å². The van der Waals surface area contributed by atoms with Gasteiger partial charge in [-0.2, -0.15) is 5.26 Å². The van der Waals surface area contributed by atoms with E-state index in [1.54, 1.807) is 29.2 Å². The number of carbonyl (C=O) groups excluding carboxylic acids is 1. The van der Waals surface area contributed by atoms with Crippen molar-refractivity contribution in [3.05, 3.63) is 29.8 Å². The third kappa shape index (κ3) is 3.44. The molecule has 0 bridgehead atoms. The number of nitrogens with one attached hydrogen (secondary N) is 1. The SMILES string of the molecule is N#Cc1cccc(NC(=O)N2CCOC(CO)C2)c1. The van der Waals surface area contributed by atoms with E-state index in [4.69, 9.17) is 15.1 Å². The summed E-state index contributed by atoms with van der Waals surface area (Å²) in [5.41, 5.74) is 1.07. The Bertz CT molecular complexity index is 498. The zero-order chi connectivity index (χ0) is 13.7. The lowest BCUT2D eigenvalue weighted by atomic mass is 10.2. The number of nitriles is 1. The summed E-state index contributed by atoms with van der Waals surface area (Å²) in [6.45, 7) is 1.16. The summed E-state index contributed by atoms with van der Waals surface area (Å²) in [5, 5.41) is 20.6. The molecule has 100 valence electrons. The highest BCUT2D eigenvalue weighted by atomic mass is 16.5. The van der Waals surface area contributed by atoms with Gasteiger partial charge in [0, 0.05) is 12.2 Å². The molecule has 1 aromatic rings. The number of urea groups is 1. The lowest BCUT2D eigenvalue weighted by molar-refractivity contribution is -0.0388. The highest BCUT2D eigenvalue weighted by Gasteiger charge is 2.23. The standard InChI is InChI=1S/C13H15N3O3/c14-7-10-2-1-3-11(6-10)15-13(18)16-4-5-19-12(8-16)9-17/h1-3,6,12,17H,4-5,8-9H2,(H,15,18). The summed E-state index contributed by atoms with van der Waals surface area (Å²) in [4.78, 5) is 13.6. The minimum Gasteiger partial charge on any atom is -0.394 e. The van der Waals surface area contributed by atoms with E-state index in [1.165, 1.54) is 0 Å². The van der Waals surface area contributed by atoms with Gasteiger partial charge in [0.15, 0.2) is 0 Å². The number of hydrogen-bond donors (Lipinski definition) is 2. The fraction of sp³-hybridized carbons (Fsp3) is 0.385. The Morgan fingerprint density at radius 3 is 3.21 bits per heavy atom. The van der Waals surface area contributed by atoms with Crippen LogP contribution in [0.2, 0.25) is 0 Å². The van der Waals surface area contributed by atoms with Gasteiger partial charge in [0.2, 0.25) is 0 Å². The molecule has 1 aromatic carbocycles. The van der Waals surface area contributed by atoms with Gasteiger partial charge in [0.1, 0.15) is 0 Å². The van der Waals surface area contributed by atoms with Gasteiger partial charge in [0.05, 0.1) is 37.5 Å². The second kappa shape index (κ2) is 6.18. The maximum atomic E-state index is 12.0. The maximum Gasteiger partial charge on any atom is 0.322 e. The number of aliphatic hydroxyl groups is 1. The number of rotatable bonds is 2. The van der Waals surface area contributed by atoms with E-state index in [1.807, 2.05) is 6.07 Å². The fourth-order valence-corrected chi connectivity index (χ4v) is 1.88. The number of anilines is 1. The monoisotopic (exact) mass is 261 g/mol. The van der Waals surface area contributed by atoms with Crippen LogP contribution in [0.25, 0.3) is 0 Å². The van der Waals surface area contributed by atoms with Crippen LogP contribution >= 0.6 is 0 Å². The van der Waals surface area contributed by atoms with Crippen LogP contribution in [0.4, 0.5) is 10.5 Å². The Balaban J connectivity index is 1.98. The number of carbonyl (C=O) groups is 1. The van der Waals surface area contributed by atoms with E-state index in [2.05, 4.69) is 5.32 Å². The van der Waals surface area contributed by atoms with E-state index in [0.29, 0.717) is 30.9 Å².